The maximum atomic E-state index is 11.9. The molecule has 2 N–H and O–H groups in total. The fourth-order valence-corrected chi connectivity index (χ4v) is 1.65. The Balaban J connectivity index is 2.51. The number of ether oxygens (including phenoxy) is 1. The van der Waals surface area contributed by atoms with E-state index in [4.69, 9.17) is 9.84 Å². The van der Waals surface area contributed by atoms with E-state index in [0.717, 1.165) is 12.0 Å². The molecule has 0 heterocycles. The van der Waals surface area contributed by atoms with Crippen LogP contribution >= 0.6 is 0 Å². The minimum Gasteiger partial charge on any atom is -0.478 e. The molecule has 5 heteroatoms. The van der Waals surface area contributed by atoms with Crippen LogP contribution in [0.2, 0.25) is 0 Å². The number of carbonyl (C=O) groups is 2. The Bertz CT molecular complexity index is 497. The molecule has 0 saturated heterocycles. The van der Waals surface area contributed by atoms with Crippen molar-refractivity contribution in [1.29, 1.82) is 0 Å². The molecule has 0 radical (unpaired) electrons. The zero-order valence-electron chi connectivity index (χ0n) is 11.5. The summed E-state index contributed by atoms with van der Waals surface area (Å²) in [4.78, 5) is 22.8. The van der Waals surface area contributed by atoms with Gasteiger partial charge in [-0.15, -0.1) is 6.58 Å². The van der Waals surface area contributed by atoms with Gasteiger partial charge in [0.1, 0.15) is 0 Å². The van der Waals surface area contributed by atoms with Crippen molar-refractivity contribution in [2.45, 2.75) is 13.3 Å². The summed E-state index contributed by atoms with van der Waals surface area (Å²) < 4.78 is 5.27. The van der Waals surface area contributed by atoms with Crippen LogP contribution in [0.4, 0.5) is 0 Å². The van der Waals surface area contributed by atoms with Crippen LogP contribution in [0.1, 0.15) is 32.7 Å². The second-order valence-electron chi connectivity index (χ2n) is 4.34. The number of benzene rings is 1. The Hall–Kier alpha value is -2.14. The van der Waals surface area contributed by atoms with E-state index in [-0.39, 0.29) is 11.5 Å². The summed E-state index contributed by atoms with van der Waals surface area (Å²) in [6.45, 7) is 6.70. The number of aryl methyl sites for hydroxylation is 1. The highest BCUT2D eigenvalue weighted by atomic mass is 16.5. The number of carboxylic acids is 1. The van der Waals surface area contributed by atoms with E-state index < -0.39 is 5.97 Å². The molecule has 0 unspecified atom stereocenters. The van der Waals surface area contributed by atoms with Crippen molar-refractivity contribution in [2.24, 2.45) is 0 Å². The maximum Gasteiger partial charge on any atom is 0.335 e. The smallest absolute Gasteiger partial charge is 0.335 e. The molecule has 5 nitrogen and oxygen atoms in total. The standard InChI is InChI=1S/C15H19NO4/c1-3-4-6-20-7-5-16-14(17)12-8-11(2)9-13(10-12)15(18)19/h3,8-10H,1,4-7H2,2H3,(H,16,17)(H,18,19). The van der Waals surface area contributed by atoms with Crippen LogP contribution in [-0.4, -0.2) is 36.7 Å². The van der Waals surface area contributed by atoms with Crippen LogP contribution in [0.25, 0.3) is 0 Å². The predicted molar refractivity (Wildman–Crippen MR) is 76.1 cm³/mol. The lowest BCUT2D eigenvalue weighted by Crippen LogP contribution is -2.27. The van der Waals surface area contributed by atoms with Crippen molar-refractivity contribution in [3.63, 3.8) is 0 Å². The lowest BCUT2D eigenvalue weighted by atomic mass is 10.1. The van der Waals surface area contributed by atoms with Crippen molar-refractivity contribution in [1.82, 2.24) is 5.32 Å². The second kappa shape index (κ2) is 8.12. The van der Waals surface area contributed by atoms with Crippen molar-refractivity contribution in [3.05, 3.63) is 47.5 Å². The van der Waals surface area contributed by atoms with Crippen molar-refractivity contribution in [2.75, 3.05) is 19.8 Å². The molecular formula is C15H19NO4. The number of carbonyl (C=O) groups excluding carboxylic acids is 1. The Morgan fingerprint density at radius 3 is 2.65 bits per heavy atom. The van der Waals surface area contributed by atoms with Gasteiger partial charge < -0.3 is 15.2 Å². The molecule has 0 aliphatic heterocycles. The Morgan fingerprint density at radius 1 is 1.30 bits per heavy atom. The van der Waals surface area contributed by atoms with Gasteiger partial charge in [-0.2, -0.15) is 0 Å². The van der Waals surface area contributed by atoms with Gasteiger partial charge in [-0.25, -0.2) is 4.79 Å². The van der Waals surface area contributed by atoms with Crippen molar-refractivity contribution >= 4 is 11.9 Å². The molecule has 0 aliphatic carbocycles. The molecular weight excluding hydrogens is 258 g/mol. The first-order chi connectivity index (χ1) is 9.54. The largest absolute Gasteiger partial charge is 0.478 e. The average Bonchev–Trinajstić information content (AvgIpc) is 2.41. The average molecular weight is 277 g/mol. The topological polar surface area (TPSA) is 75.6 Å². The summed E-state index contributed by atoms with van der Waals surface area (Å²) in [5.41, 5.74) is 1.18. The highest BCUT2D eigenvalue weighted by Gasteiger charge is 2.10. The van der Waals surface area contributed by atoms with Gasteiger partial charge in [-0.05, 0) is 37.1 Å². The zero-order valence-corrected chi connectivity index (χ0v) is 11.5. The van der Waals surface area contributed by atoms with Gasteiger partial charge in [0, 0.05) is 12.1 Å². The fraction of sp³-hybridized carbons (Fsp3) is 0.333. The van der Waals surface area contributed by atoms with Crippen LogP contribution in [0.5, 0.6) is 0 Å². The van der Waals surface area contributed by atoms with E-state index in [9.17, 15) is 9.59 Å². The quantitative estimate of drug-likeness (QED) is 0.563. The molecule has 1 aromatic rings. The van der Waals surface area contributed by atoms with E-state index in [0.29, 0.717) is 25.3 Å². The van der Waals surface area contributed by atoms with Crippen molar-refractivity contribution in [3.8, 4) is 0 Å². The van der Waals surface area contributed by atoms with Crippen molar-refractivity contribution < 1.29 is 19.4 Å². The highest BCUT2D eigenvalue weighted by molar-refractivity contribution is 5.97. The number of amides is 1. The second-order valence-corrected chi connectivity index (χ2v) is 4.34. The van der Waals surface area contributed by atoms with Gasteiger partial charge in [0.2, 0.25) is 0 Å². The minimum atomic E-state index is -1.05. The van der Waals surface area contributed by atoms with Crippen LogP contribution < -0.4 is 5.32 Å². The molecule has 0 bridgehead atoms. The molecule has 0 saturated carbocycles. The molecule has 1 amide bonds. The van der Waals surface area contributed by atoms with Gasteiger partial charge in [0.15, 0.2) is 0 Å². The number of carboxylic acid groups (broad SMARTS) is 1. The summed E-state index contributed by atoms with van der Waals surface area (Å²) >= 11 is 0. The highest BCUT2D eigenvalue weighted by Crippen LogP contribution is 2.09. The lowest BCUT2D eigenvalue weighted by Gasteiger charge is -2.07. The summed E-state index contributed by atoms with van der Waals surface area (Å²) in [7, 11) is 0. The number of aromatic carboxylic acids is 1. The normalized spacial score (nSPS) is 10.1. The Labute approximate surface area is 118 Å². The van der Waals surface area contributed by atoms with Gasteiger partial charge >= 0.3 is 5.97 Å². The van der Waals surface area contributed by atoms with E-state index in [2.05, 4.69) is 11.9 Å². The number of hydrogen-bond donors (Lipinski definition) is 2. The number of rotatable bonds is 8. The van der Waals surface area contributed by atoms with Crippen LogP contribution in [0.15, 0.2) is 30.9 Å². The Morgan fingerprint density at radius 2 is 2.00 bits per heavy atom. The molecule has 0 aliphatic rings. The molecule has 20 heavy (non-hydrogen) atoms. The lowest BCUT2D eigenvalue weighted by molar-refractivity contribution is 0.0696. The fourth-order valence-electron chi connectivity index (χ4n) is 1.65. The van der Waals surface area contributed by atoms with E-state index in [1.807, 2.05) is 0 Å². The van der Waals surface area contributed by atoms with Crippen LogP contribution in [-0.2, 0) is 4.74 Å². The first-order valence-corrected chi connectivity index (χ1v) is 6.36. The van der Waals surface area contributed by atoms with Gasteiger partial charge in [0.05, 0.1) is 18.8 Å². The first-order valence-electron chi connectivity index (χ1n) is 6.36. The zero-order chi connectivity index (χ0) is 15.0. The van der Waals surface area contributed by atoms with E-state index in [1.54, 1.807) is 19.1 Å². The van der Waals surface area contributed by atoms with E-state index >= 15 is 0 Å². The third-order valence-corrected chi connectivity index (χ3v) is 2.58. The monoisotopic (exact) mass is 277 g/mol. The summed E-state index contributed by atoms with van der Waals surface area (Å²) in [6, 6.07) is 4.54. The summed E-state index contributed by atoms with van der Waals surface area (Å²) in [5, 5.41) is 11.6. The summed E-state index contributed by atoms with van der Waals surface area (Å²) in [5.74, 6) is -1.35. The molecule has 0 fully saturated rings. The Kier molecular flexibility index (Phi) is 6.46. The van der Waals surface area contributed by atoms with Gasteiger partial charge in [-0.1, -0.05) is 6.08 Å². The maximum absolute atomic E-state index is 11.9. The van der Waals surface area contributed by atoms with Crippen LogP contribution in [0.3, 0.4) is 0 Å². The molecule has 1 aromatic carbocycles. The molecule has 0 spiro atoms. The van der Waals surface area contributed by atoms with Gasteiger partial charge in [0.25, 0.3) is 5.91 Å². The van der Waals surface area contributed by atoms with Crippen LogP contribution in [0, 0.1) is 6.92 Å². The molecule has 0 aromatic heterocycles. The minimum absolute atomic E-state index is 0.109. The summed E-state index contributed by atoms with van der Waals surface area (Å²) in [6.07, 6.45) is 2.53. The predicted octanol–water partition coefficient (Wildman–Crippen LogP) is 2.02. The molecule has 0 atom stereocenters. The third-order valence-electron chi connectivity index (χ3n) is 2.58. The number of nitrogens with one attached hydrogen (secondary N) is 1. The SMILES string of the molecule is C=CCCOCCNC(=O)c1cc(C)cc(C(=O)O)c1. The molecule has 108 valence electrons. The molecule has 1 rings (SSSR count). The van der Waals surface area contributed by atoms with E-state index in [1.165, 1.54) is 12.1 Å². The third kappa shape index (κ3) is 5.24. The van der Waals surface area contributed by atoms with Gasteiger partial charge in [-0.3, -0.25) is 4.79 Å². The number of hydrogen-bond acceptors (Lipinski definition) is 3. The first kappa shape index (κ1) is 15.9.